The molecule has 1 aliphatic heterocycles. The zero-order chi connectivity index (χ0) is 12.8. The minimum atomic E-state index is -0.203. The van der Waals surface area contributed by atoms with Crippen molar-refractivity contribution in [2.24, 2.45) is 5.92 Å². The molecule has 0 N–H and O–H groups in total. The summed E-state index contributed by atoms with van der Waals surface area (Å²) >= 11 is 0. The third-order valence-electron chi connectivity index (χ3n) is 4.43. The minimum absolute atomic E-state index is 0.203. The van der Waals surface area contributed by atoms with Crippen LogP contribution in [0, 0.1) is 12.8 Å². The van der Waals surface area contributed by atoms with E-state index in [9.17, 15) is 4.79 Å². The van der Waals surface area contributed by atoms with Crippen molar-refractivity contribution in [3.05, 3.63) is 29.3 Å². The van der Waals surface area contributed by atoms with Crippen molar-refractivity contribution >= 4 is 5.78 Å². The number of carbonyl (C=O) groups is 1. The Morgan fingerprint density at radius 3 is 2.72 bits per heavy atom. The van der Waals surface area contributed by atoms with Gasteiger partial charge in [-0.15, -0.1) is 0 Å². The van der Waals surface area contributed by atoms with Gasteiger partial charge in [0.1, 0.15) is 11.4 Å². The number of rotatable bonds is 0. The van der Waals surface area contributed by atoms with Crippen LogP contribution in [0.25, 0.3) is 0 Å². The topological polar surface area (TPSA) is 26.3 Å². The van der Waals surface area contributed by atoms with Crippen LogP contribution in [0.1, 0.15) is 54.9 Å². The highest BCUT2D eigenvalue weighted by atomic mass is 16.5. The van der Waals surface area contributed by atoms with E-state index in [-0.39, 0.29) is 11.4 Å². The molecule has 2 aliphatic rings. The largest absolute Gasteiger partial charge is 0.486 e. The Morgan fingerprint density at radius 1 is 1.28 bits per heavy atom. The molecule has 0 unspecified atom stereocenters. The summed E-state index contributed by atoms with van der Waals surface area (Å²) in [6.07, 6.45) is 4.96. The van der Waals surface area contributed by atoms with Crippen LogP contribution in [0.15, 0.2) is 18.2 Å². The fourth-order valence-electron chi connectivity index (χ4n) is 3.17. The van der Waals surface area contributed by atoms with Crippen LogP contribution in [-0.4, -0.2) is 11.4 Å². The van der Waals surface area contributed by atoms with Crippen LogP contribution < -0.4 is 4.74 Å². The molecule has 1 heterocycles. The Labute approximate surface area is 108 Å². The van der Waals surface area contributed by atoms with E-state index in [2.05, 4.69) is 6.92 Å². The van der Waals surface area contributed by atoms with Gasteiger partial charge >= 0.3 is 0 Å². The average Bonchev–Trinajstić information content (AvgIpc) is 2.35. The molecule has 2 heteroatoms. The number of Topliss-reactive ketones (excluding diaryl/α,β-unsaturated/α-hetero) is 1. The number of benzene rings is 1. The minimum Gasteiger partial charge on any atom is -0.486 e. The van der Waals surface area contributed by atoms with Gasteiger partial charge in [0.15, 0.2) is 5.78 Å². The molecular formula is C16H20O2. The Hall–Kier alpha value is -1.31. The van der Waals surface area contributed by atoms with Crippen LogP contribution in [0.2, 0.25) is 0 Å². The number of hydrogen-bond donors (Lipinski definition) is 0. The number of carbonyl (C=O) groups excluding carboxylic acids is 1. The predicted octanol–water partition coefficient (Wildman–Crippen LogP) is 3.91. The van der Waals surface area contributed by atoms with Gasteiger partial charge in [-0.1, -0.05) is 18.6 Å². The van der Waals surface area contributed by atoms with Crippen molar-refractivity contribution in [2.75, 3.05) is 0 Å². The Kier molecular flexibility index (Phi) is 2.69. The summed E-state index contributed by atoms with van der Waals surface area (Å²) in [7, 11) is 0. The SMILES string of the molecule is Cc1ccc2c(c1)C(=O)CC1(CCC(C)CC1)O2. The molecule has 1 aromatic carbocycles. The molecule has 1 spiro atoms. The van der Waals surface area contributed by atoms with E-state index >= 15 is 0 Å². The second kappa shape index (κ2) is 4.11. The smallest absolute Gasteiger partial charge is 0.170 e. The number of ketones is 1. The lowest BCUT2D eigenvalue weighted by molar-refractivity contribution is 0.00401. The van der Waals surface area contributed by atoms with Gasteiger partial charge in [0, 0.05) is 0 Å². The molecule has 1 fully saturated rings. The summed E-state index contributed by atoms with van der Waals surface area (Å²) < 4.78 is 6.21. The maximum absolute atomic E-state index is 12.3. The molecule has 0 aromatic heterocycles. The van der Waals surface area contributed by atoms with Crippen molar-refractivity contribution in [2.45, 2.75) is 51.6 Å². The van der Waals surface area contributed by atoms with E-state index in [0.29, 0.717) is 6.42 Å². The van der Waals surface area contributed by atoms with Crippen molar-refractivity contribution in [1.82, 2.24) is 0 Å². The molecular weight excluding hydrogens is 224 g/mol. The first-order chi connectivity index (χ1) is 8.58. The summed E-state index contributed by atoms with van der Waals surface area (Å²) in [4.78, 5) is 12.3. The van der Waals surface area contributed by atoms with E-state index < -0.39 is 0 Å². The summed E-state index contributed by atoms with van der Waals surface area (Å²) in [5.41, 5.74) is 1.70. The van der Waals surface area contributed by atoms with E-state index in [0.717, 1.165) is 35.6 Å². The summed E-state index contributed by atoms with van der Waals surface area (Å²) in [5, 5.41) is 0. The lowest BCUT2D eigenvalue weighted by atomic mass is 9.75. The quantitative estimate of drug-likeness (QED) is 0.691. The molecule has 2 nitrogen and oxygen atoms in total. The summed E-state index contributed by atoms with van der Waals surface area (Å²) in [6, 6.07) is 5.94. The third-order valence-corrected chi connectivity index (χ3v) is 4.43. The van der Waals surface area contributed by atoms with E-state index in [4.69, 9.17) is 4.74 Å². The zero-order valence-corrected chi connectivity index (χ0v) is 11.2. The molecule has 1 saturated carbocycles. The Bertz CT molecular complexity index is 482. The molecule has 1 aromatic rings. The van der Waals surface area contributed by atoms with Crippen molar-refractivity contribution < 1.29 is 9.53 Å². The number of ether oxygens (including phenoxy) is 1. The first-order valence-corrected chi connectivity index (χ1v) is 6.91. The Morgan fingerprint density at radius 2 is 2.00 bits per heavy atom. The molecule has 0 saturated heterocycles. The monoisotopic (exact) mass is 244 g/mol. The summed E-state index contributed by atoms with van der Waals surface area (Å²) in [5.74, 6) is 1.83. The highest BCUT2D eigenvalue weighted by Gasteiger charge is 2.42. The second-order valence-corrected chi connectivity index (χ2v) is 6.07. The van der Waals surface area contributed by atoms with Gasteiger partial charge in [-0.05, 0) is 50.7 Å². The van der Waals surface area contributed by atoms with Gasteiger partial charge < -0.3 is 4.74 Å². The molecule has 96 valence electrons. The van der Waals surface area contributed by atoms with Gasteiger partial charge in [0.05, 0.1) is 12.0 Å². The molecule has 0 amide bonds. The van der Waals surface area contributed by atoms with Gasteiger partial charge in [-0.2, -0.15) is 0 Å². The second-order valence-electron chi connectivity index (χ2n) is 6.07. The molecule has 0 bridgehead atoms. The van der Waals surface area contributed by atoms with Gasteiger partial charge in [0.25, 0.3) is 0 Å². The highest BCUT2D eigenvalue weighted by molar-refractivity contribution is 6.00. The van der Waals surface area contributed by atoms with E-state index in [1.54, 1.807) is 0 Å². The number of aryl methyl sites for hydroxylation is 1. The van der Waals surface area contributed by atoms with Crippen molar-refractivity contribution in [3.8, 4) is 5.75 Å². The molecule has 3 rings (SSSR count). The average molecular weight is 244 g/mol. The zero-order valence-electron chi connectivity index (χ0n) is 11.2. The molecule has 0 atom stereocenters. The van der Waals surface area contributed by atoms with Crippen molar-refractivity contribution in [3.63, 3.8) is 0 Å². The maximum Gasteiger partial charge on any atom is 0.170 e. The first-order valence-electron chi connectivity index (χ1n) is 6.91. The predicted molar refractivity (Wildman–Crippen MR) is 71.1 cm³/mol. The van der Waals surface area contributed by atoms with Gasteiger partial charge in [-0.3, -0.25) is 4.79 Å². The highest BCUT2D eigenvalue weighted by Crippen LogP contribution is 2.43. The van der Waals surface area contributed by atoms with Crippen molar-refractivity contribution in [1.29, 1.82) is 0 Å². The van der Waals surface area contributed by atoms with Gasteiger partial charge in [0.2, 0.25) is 0 Å². The fourth-order valence-corrected chi connectivity index (χ4v) is 3.17. The van der Waals surface area contributed by atoms with E-state index in [1.165, 1.54) is 12.8 Å². The third kappa shape index (κ3) is 1.94. The fraction of sp³-hybridized carbons (Fsp3) is 0.562. The first kappa shape index (κ1) is 11.8. The number of hydrogen-bond acceptors (Lipinski definition) is 2. The van der Waals surface area contributed by atoms with Crippen LogP contribution in [0.5, 0.6) is 5.75 Å². The lowest BCUT2D eigenvalue weighted by Crippen LogP contribution is -2.44. The van der Waals surface area contributed by atoms with Crippen LogP contribution in [-0.2, 0) is 0 Å². The molecule has 18 heavy (non-hydrogen) atoms. The maximum atomic E-state index is 12.3. The number of fused-ring (bicyclic) bond motifs is 1. The Balaban J connectivity index is 1.92. The summed E-state index contributed by atoms with van der Waals surface area (Å²) in [6.45, 7) is 4.30. The standard InChI is InChI=1S/C16H20O2/c1-11-5-7-16(8-6-11)10-14(17)13-9-12(2)3-4-15(13)18-16/h3-4,9,11H,5-8,10H2,1-2H3. The molecule has 0 radical (unpaired) electrons. The van der Waals surface area contributed by atoms with Gasteiger partial charge in [-0.25, -0.2) is 0 Å². The normalized spacial score (nSPS) is 31.0. The van der Waals surface area contributed by atoms with E-state index in [1.807, 2.05) is 25.1 Å². The van der Waals surface area contributed by atoms with Crippen LogP contribution >= 0.6 is 0 Å². The molecule has 1 aliphatic carbocycles. The lowest BCUT2D eigenvalue weighted by Gasteiger charge is -2.42. The van der Waals surface area contributed by atoms with Crippen LogP contribution in [0.4, 0.5) is 0 Å². The van der Waals surface area contributed by atoms with Crippen LogP contribution in [0.3, 0.4) is 0 Å².